The molecule has 1 saturated carbocycles. The summed E-state index contributed by atoms with van der Waals surface area (Å²) in [7, 11) is -3.72. The highest BCUT2D eigenvalue weighted by Crippen LogP contribution is 2.47. The molecule has 0 spiro atoms. The molecular formula is C22H20FN3O3S. The highest BCUT2D eigenvalue weighted by atomic mass is 32.2. The maximum Gasteiger partial charge on any atom is 0.240 e. The van der Waals surface area contributed by atoms with E-state index in [9.17, 15) is 17.6 Å². The number of rotatable bonds is 7. The van der Waals surface area contributed by atoms with Crippen molar-refractivity contribution in [1.82, 2.24) is 9.71 Å². The van der Waals surface area contributed by atoms with Crippen molar-refractivity contribution in [3.8, 4) is 0 Å². The molecule has 6 nitrogen and oxygen atoms in total. The molecule has 0 radical (unpaired) electrons. The fourth-order valence-electron chi connectivity index (χ4n) is 3.28. The van der Waals surface area contributed by atoms with Gasteiger partial charge in [0.1, 0.15) is 5.82 Å². The quantitative estimate of drug-likeness (QED) is 0.607. The van der Waals surface area contributed by atoms with Crippen LogP contribution >= 0.6 is 0 Å². The first-order chi connectivity index (χ1) is 14.4. The first-order valence-electron chi connectivity index (χ1n) is 9.47. The fraction of sp³-hybridized carbons (Fsp3) is 0.182. The predicted molar refractivity (Wildman–Crippen MR) is 111 cm³/mol. The highest BCUT2D eigenvalue weighted by molar-refractivity contribution is 7.89. The molecule has 1 amide bonds. The molecule has 4 rings (SSSR count). The molecule has 0 aliphatic heterocycles. The van der Waals surface area contributed by atoms with E-state index in [0.29, 0.717) is 11.3 Å². The number of anilines is 1. The largest absolute Gasteiger partial charge is 0.326 e. The summed E-state index contributed by atoms with van der Waals surface area (Å²) in [6, 6.07) is 15.4. The number of hydrogen-bond donors (Lipinski definition) is 2. The third kappa shape index (κ3) is 4.72. The van der Waals surface area contributed by atoms with Gasteiger partial charge in [0.2, 0.25) is 15.9 Å². The topological polar surface area (TPSA) is 88.2 Å². The lowest BCUT2D eigenvalue weighted by atomic mass is 10.1. The molecule has 2 atom stereocenters. The second-order valence-electron chi connectivity index (χ2n) is 7.19. The van der Waals surface area contributed by atoms with E-state index in [-0.39, 0.29) is 35.0 Å². The zero-order valence-electron chi connectivity index (χ0n) is 16.0. The summed E-state index contributed by atoms with van der Waals surface area (Å²) in [5.41, 5.74) is 2.29. The van der Waals surface area contributed by atoms with Crippen molar-refractivity contribution in [1.29, 1.82) is 0 Å². The van der Waals surface area contributed by atoms with Crippen molar-refractivity contribution >= 4 is 21.6 Å². The van der Waals surface area contributed by atoms with Gasteiger partial charge in [-0.2, -0.15) is 0 Å². The summed E-state index contributed by atoms with van der Waals surface area (Å²) in [5.74, 6) is -0.351. The van der Waals surface area contributed by atoms with Gasteiger partial charge in [-0.15, -0.1) is 0 Å². The number of nitrogens with zero attached hydrogens (tertiary/aromatic N) is 1. The normalized spacial score (nSPS) is 18.0. The minimum atomic E-state index is -3.72. The zero-order chi connectivity index (χ0) is 21.1. The molecule has 8 heteroatoms. The van der Waals surface area contributed by atoms with E-state index in [4.69, 9.17) is 0 Å². The van der Waals surface area contributed by atoms with E-state index in [1.807, 2.05) is 12.1 Å². The standard InChI is InChI=1S/C22H20FN3O3S/c23-17-3-1-15(2-4-17)14-25-30(28,29)19-7-5-18(6-8-19)26-22(27)21-13-20(21)16-9-11-24-12-10-16/h1-12,20-21,25H,13-14H2,(H,26,27). The Balaban J connectivity index is 1.34. The Morgan fingerprint density at radius 2 is 1.67 bits per heavy atom. The molecule has 1 aromatic heterocycles. The van der Waals surface area contributed by atoms with E-state index in [1.165, 1.54) is 36.4 Å². The number of sulfonamides is 1. The van der Waals surface area contributed by atoms with Crippen molar-refractivity contribution < 1.29 is 17.6 Å². The van der Waals surface area contributed by atoms with Crippen LogP contribution in [-0.2, 0) is 21.4 Å². The summed E-state index contributed by atoms with van der Waals surface area (Å²) in [4.78, 5) is 16.5. The maximum atomic E-state index is 12.9. The predicted octanol–water partition coefficient (Wildman–Crippen LogP) is 3.44. The van der Waals surface area contributed by atoms with Crippen LogP contribution in [0, 0.1) is 11.7 Å². The number of aromatic nitrogens is 1. The summed E-state index contributed by atoms with van der Waals surface area (Å²) >= 11 is 0. The van der Waals surface area contributed by atoms with Gasteiger partial charge in [0.05, 0.1) is 4.90 Å². The van der Waals surface area contributed by atoms with E-state index in [1.54, 1.807) is 24.5 Å². The van der Waals surface area contributed by atoms with Crippen LogP contribution in [-0.4, -0.2) is 19.3 Å². The van der Waals surface area contributed by atoms with Crippen molar-refractivity contribution in [2.24, 2.45) is 5.92 Å². The van der Waals surface area contributed by atoms with Crippen LogP contribution in [0.15, 0.2) is 78.0 Å². The van der Waals surface area contributed by atoms with Gasteiger partial charge in [0, 0.05) is 30.5 Å². The molecule has 1 heterocycles. The van der Waals surface area contributed by atoms with E-state index >= 15 is 0 Å². The first-order valence-corrected chi connectivity index (χ1v) is 11.0. The molecule has 1 aliphatic rings. The number of carbonyl (C=O) groups is 1. The van der Waals surface area contributed by atoms with Crippen molar-refractivity contribution in [3.05, 3.63) is 90.0 Å². The molecule has 30 heavy (non-hydrogen) atoms. The van der Waals surface area contributed by atoms with Crippen LogP contribution in [0.25, 0.3) is 0 Å². The third-order valence-electron chi connectivity index (χ3n) is 5.07. The minimum Gasteiger partial charge on any atom is -0.326 e. The van der Waals surface area contributed by atoms with Crippen molar-refractivity contribution in [3.63, 3.8) is 0 Å². The van der Waals surface area contributed by atoms with Crippen molar-refractivity contribution in [2.45, 2.75) is 23.8 Å². The highest BCUT2D eigenvalue weighted by Gasteiger charge is 2.43. The number of carbonyl (C=O) groups excluding carboxylic acids is 1. The zero-order valence-corrected chi connectivity index (χ0v) is 16.8. The molecule has 2 unspecified atom stereocenters. The summed E-state index contributed by atoms with van der Waals surface area (Å²) in [6.45, 7) is 0.0547. The van der Waals surface area contributed by atoms with Gasteiger partial charge in [0.25, 0.3) is 0 Å². The molecule has 0 saturated heterocycles. The average Bonchev–Trinajstić information content (AvgIpc) is 3.56. The molecule has 2 aromatic carbocycles. The Kier molecular flexibility index (Phi) is 5.61. The number of benzene rings is 2. The van der Waals surface area contributed by atoms with E-state index in [0.717, 1.165) is 12.0 Å². The van der Waals surface area contributed by atoms with Crippen LogP contribution in [0.1, 0.15) is 23.5 Å². The Morgan fingerprint density at radius 1 is 1.00 bits per heavy atom. The van der Waals surface area contributed by atoms with Gasteiger partial charge in [-0.25, -0.2) is 17.5 Å². The van der Waals surface area contributed by atoms with Gasteiger partial charge in [0.15, 0.2) is 0 Å². The molecule has 1 fully saturated rings. The number of nitrogens with one attached hydrogen (secondary N) is 2. The van der Waals surface area contributed by atoms with Crippen LogP contribution in [0.2, 0.25) is 0 Å². The number of amides is 1. The first kappa shape index (κ1) is 20.2. The SMILES string of the molecule is O=C(Nc1ccc(S(=O)(=O)NCc2ccc(F)cc2)cc1)C1CC1c1ccncc1. The lowest BCUT2D eigenvalue weighted by Gasteiger charge is -2.09. The molecule has 1 aliphatic carbocycles. The van der Waals surface area contributed by atoms with Crippen molar-refractivity contribution in [2.75, 3.05) is 5.32 Å². The van der Waals surface area contributed by atoms with Gasteiger partial charge >= 0.3 is 0 Å². The van der Waals surface area contributed by atoms with E-state index < -0.39 is 10.0 Å². The second kappa shape index (κ2) is 8.33. The number of halogens is 1. The monoisotopic (exact) mass is 425 g/mol. The average molecular weight is 425 g/mol. The number of hydrogen-bond acceptors (Lipinski definition) is 4. The van der Waals surface area contributed by atoms with Gasteiger partial charge in [-0.3, -0.25) is 9.78 Å². The molecule has 3 aromatic rings. The number of pyridine rings is 1. The maximum absolute atomic E-state index is 12.9. The summed E-state index contributed by atoms with van der Waals surface area (Å²) in [5, 5.41) is 2.84. The second-order valence-corrected chi connectivity index (χ2v) is 8.96. The third-order valence-corrected chi connectivity index (χ3v) is 6.49. The lowest BCUT2D eigenvalue weighted by molar-refractivity contribution is -0.117. The minimum absolute atomic E-state index is 0.0547. The van der Waals surface area contributed by atoms with Crippen LogP contribution in [0.5, 0.6) is 0 Å². The summed E-state index contributed by atoms with van der Waals surface area (Å²) < 4.78 is 40.3. The fourth-order valence-corrected chi connectivity index (χ4v) is 4.30. The molecule has 2 N–H and O–H groups in total. The van der Waals surface area contributed by atoms with Crippen LogP contribution in [0.4, 0.5) is 10.1 Å². The Labute approximate surface area is 174 Å². The lowest BCUT2D eigenvalue weighted by Crippen LogP contribution is -2.23. The molecular weight excluding hydrogens is 405 g/mol. The van der Waals surface area contributed by atoms with Gasteiger partial charge < -0.3 is 5.32 Å². The molecule has 0 bridgehead atoms. The van der Waals surface area contributed by atoms with Crippen LogP contribution < -0.4 is 10.0 Å². The van der Waals surface area contributed by atoms with Crippen LogP contribution in [0.3, 0.4) is 0 Å². The smallest absolute Gasteiger partial charge is 0.240 e. The van der Waals surface area contributed by atoms with Gasteiger partial charge in [-0.1, -0.05) is 12.1 Å². The Morgan fingerprint density at radius 3 is 2.33 bits per heavy atom. The molecule has 154 valence electrons. The van der Waals surface area contributed by atoms with E-state index in [2.05, 4.69) is 15.0 Å². The Hall–Kier alpha value is -3.10. The summed E-state index contributed by atoms with van der Waals surface area (Å²) in [6.07, 6.45) is 4.22. The van der Waals surface area contributed by atoms with Gasteiger partial charge in [-0.05, 0) is 72.0 Å². The Bertz CT molecular complexity index is 1130.